The summed E-state index contributed by atoms with van der Waals surface area (Å²) < 4.78 is 24.6. The number of amides is 1. The first-order valence-electron chi connectivity index (χ1n) is 10.1. The topological polar surface area (TPSA) is 83.8 Å². The van der Waals surface area contributed by atoms with E-state index in [-0.39, 0.29) is 6.10 Å². The van der Waals surface area contributed by atoms with Gasteiger partial charge in [-0.15, -0.1) is 11.8 Å². The van der Waals surface area contributed by atoms with E-state index >= 15 is 0 Å². The molecule has 9 heteroatoms. The summed E-state index contributed by atoms with van der Waals surface area (Å²) in [6.45, 7) is 0.976. The fourth-order valence-electron chi connectivity index (χ4n) is 3.43. The Morgan fingerprint density at radius 3 is 2.66 bits per heavy atom. The molecule has 1 aliphatic rings. The molecule has 1 aromatic heterocycles. The molecule has 2 unspecified atom stereocenters. The molecule has 0 bridgehead atoms. The molecule has 3 aromatic rings. The van der Waals surface area contributed by atoms with Gasteiger partial charge in [-0.1, -0.05) is 0 Å². The molecule has 1 amide bonds. The van der Waals surface area contributed by atoms with E-state index in [1.165, 1.54) is 7.11 Å². The van der Waals surface area contributed by atoms with Crippen LogP contribution in [0.1, 0.15) is 5.56 Å². The minimum Gasteiger partial charge on any atom is -0.497 e. The molecule has 1 N–H and O–H groups in total. The summed E-state index contributed by atoms with van der Waals surface area (Å²) in [7, 11) is 2.98. The van der Waals surface area contributed by atoms with Gasteiger partial charge in [-0.3, -0.25) is 5.32 Å². The highest BCUT2D eigenvalue weighted by Gasteiger charge is 2.43. The lowest BCUT2D eigenvalue weighted by Gasteiger charge is -2.29. The van der Waals surface area contributed by atoms with Gasteiger partial charge >= 0.3 is 6.09 Å². The van der Waals surface area contributed by atoms with Crippen LogP contribution >= 0.6 is 11.8 Å². The molecule has 4 rings (SSSR count). The largest absolute Gasteiger partial charge is 0.497 e. The van der Waals surface area contributed by atoms with Crippen LogP contribution in [0.3, 0.4) is 0 Å². The second kappa shape index (κ2) is 10.1. The minimum absolute atomic E-state index is 0.0847. The van der Waals surface area contributed by atoms with Gasteiger partial charge in [-0.2, -0.15) is 0 Å². The Labute approximate surface area is 190 Å². The average Bonchev–Trinajstić information content (AvgIpc) is 3.49. The average molecular weight is 456 g/mol. The van der Waals surface area contributed by atoms with E-state index in [0.717, 1.165) is 22.0 Å². The smallest absolute Gasteiger partial charge is 0.411 e. The van der Waals surface area contributed by atoms with E-state index in [1.807, 2.05) is 59.3 Å². The maximum absolute atomic E-state index is 11.3. The quantitative estimate of drug-likeness (QED) is 0.511. The minimum atomic E-state index is -0.896. The van der Waals surface area contributed by atoms with Crippen LogP contribution in [-0.2, 0) is 26.5 Å². The summed E-state index contributed by atoms with van der Waals surface area (Å²) >= 11 is 1.67. The Morgan fingerprint density at radius 1 is 1.22 bits per heavy atom. The maximum Gasteiger partial charge on any atom is 0.411 e. The van der Waals surface area contributed by atoms with Gasteiger partial charge in [0.2, 0.25) is 5.79 Å². The predicted molar refractivity (Wildman–Crippen MR) is 121 cm³/mol. The van der Waals surface area contributed by atoms with Crippen molar-refractivity contribution in [2.75, 3.05) is 31.9 Å². The van der Waals surface area contributed by atoms with Crippen LogP contribution in [0.15, 0.2) is 72.1 Å². The third kappa shape index (κ3) is 5.24. The highest BCUT2D eigenvalue weighted by atomic mass is 32.2. The summed E-state index contributed by atoms with van der Waals surface area (Å²) in [5.41, 5.74) is 1.61. The van der Waals surface area contributed by atoms with Crippen molar-refractivity contribution < 1.29 is 23.7 Å². The molecule has 168 valence electrons. The number of carbonyl (C=O) groups is 1. The molecule has 0 aliphatic carbocycles. The Morgan fingerprint density at radius 2 is 2.00 bits per heavy atom. The molecular weight excluding hydrogens is 430 g/mol. The number of benzene rings is 2. The number of imidazole rings is 1. The Hall–Kier alpha value is -3.01. The first-order chi connectivity index (χ1) is 15.6. The third-order valence-electron chi connectivity index (χ3n) is 5.06. The summed E-state index contributed by atoms with van der Waals surface area (Å²) in [6.07, 6.45) is 4.81. The summed E-state index contributed by atoms with van der Waals surface area (Å²) in [5, 5.41) is 2.64. The van der Waals surface area contributed by atoms with E-state index < -0.39 is 11.9 Å². The van der Waals surface area contributed by atoms with Crippen LogP contribution in [0.4, 0.5) is 10.5 Å². The van der Waals surface area contributed by atoms with Crippen molar-refractivity contribution in [2.24, 2.45) is 0 Å². The summed E-state index contributed by atoms with van der Waals surface area (Å²) in [6, 6.07) is 15.3. The number of aromatic nitrogens is 2. The number of ether oxygens (including phenoxy) is 4. The molecule has 1 saturated heterocycles. The van der Waals surface area contributed by atoms with Crippen LogP contribution in [0.5, 0.6) is 5.75 Å². The number of nitrogens with one attached hydrogen (secondary N) is 1. The van der Waals surface area contributed by atoms with Gasteiger partial charge in [-0.25, -0.2) is 9.78 Å². The zero-order valence-electron chi connectivity index (χ0n) is 17.9. The van der Waals surface area contributed by atoms with E-state index in [0.29, 0.717) is 18.8 Å². The maximum atomic E-state index is 11.3. The Kier molecular flexibility index (Phi) is 6.99. The highest BCUT2D eigenvalue weighted by Crippen LogP contribution is 2.38. The second-order valence-corrected chi connectivity index (χ2v) is 8.31. The molecule has 8 nitrogen and oxygen atoms in total. The van der Waals surface area contributed by atoms with Crippen molar-refractivity contribution >= 4 is 23.5 Å². The van der Waals surface area contributed by atoms with E-state index in [4.69, 9.17) is 14.2 Å². The lowest BCUT2D eigenvalue weighted by molar-refractivity contribution is -0.184. The van der Waals surface area contributed by atoms with Gasteiger partial charge in [0, 0.05) is 34.3 Å². The van der Waals surface area contributed by atoms with Crippen molar-refractivity contribution in [1.29, 1.82) is 0 Å². The van der Waals surface area contributed by atoms with Crippen LogP contribution in [0.2, 0.25) is 0 Å². The molecule has 2 atom stereocenters. The van der Waals surface area contributed by atoms with Crippen LogP contribution in [-0.4, -0.2) is 48.3 Å². The van der Waals surface area contributed by atoms with E-state index in [9.17, 15) is 4.79 Å². The van der Waals surface area contributed by atoms with Crippen LogP contribution in [0, 0.1) is 0 Å². The van der Waals surface area contributed by atoms with Gasteiger partial charge in [0.15, 0.2) is 0 Å². The summed E-state index contributed by atoms with van der Waals surface area (Å²) in [5.74, 6) is 0.611. The van der Waals surface area contributed by atoms with Gasteiger partial charge in [0.25, 0.3) is 0 Å². The first kappa shape index (κ1) is 22.2. The molecular formula is C23H25N3O5S. The molecule has 2 aromatic carbocycles. The van der Waals surface area contributed by atoms with Crippen LogP contribution in [0.25, 0.3) is 0 Å². The SMILES string of the molecule is COC(=O)Nc1ccc(SCC2COC(Cn3ccnc3)(c3ccc(OC)cc3)O2)cc1. The second-order valence-electron chi connectivity index (χ2n) is 7.22. The van der Waals surface area contributed by atoms with Crippen molar-refractivity contribution in [2.45, 2.75) is 23.3 Å². The number of hydrogen-bond acceptors (Lipinski definition) is 7. The number of thioether (sulfide) groups is 1. The van der Waals surface area contributed by atoms with Gasteiger partial charge in [0.05, 0.1) is 39.8 Å². The fraction of sp³-hybridized carbons (Fsp3) is 0.304. The zero-order chi connectivity index (χ0) is 22.4. The standard InChI is InChI=1S/C23H25N3O5S/c1-28-19-7-3-17(4-8-19)23(15-26-12-11-24-16-26)30-13-20(31-23)14-32-21-9-5-18(6-10-21)25-22(27)29-2/h3-12,16,20H,13-15H2,1-2H3,(H,25,27). The number of methoxy groups -OCH3 is 2. The van der Waals surface area contributed by atoms with E-state index in [2.05, 4.69) is 15.0 Å². The van der Waals surface area contributed by atoms with Crippen molar-refractivity contribution in [3.05, 3.63) is 72.8 Å². The number of carbonyl (C=O) groups excluding carboxylic acids is 1. The lowest BCUT2D eigenvalue weighted by atomic mass is 10.1. The van der Waals surface area contributed by atoms with Crippen LogP contribution < -0.4 is 10.1 Å². The zero-order valence-corrected chi connectivity index (χ0v) is 18.7. The predicted octanol–water partition coefficient (Wildman–Crippen LogP) is 4.13. The normalized spacial score (nSPS) is 20.1. The molecule has 1 aliphatic heterocycles. The molecule has 0 radical (unpaired) electrons. The Bertz CT molecular complexity index is 1010. The summed E-state index contributed by atoms with van der Waals surface area (Å²) in [4.78, 5) is 16.5. The molecule has 2 heterocycles. The monoisotopic (exact) mass is 455 g/mol. The van der Waals surface area contributed by atoms with Crippen molar-refractivity contribution in [3.8, 4) is 5.75 Å². The molecule has 0 saturated carbocycles. The third-order valence-corrected chi connectivity index (χ3v) is 6.21. The fourth-order valence-corrected chi connectivity index (χ4v) is 4.30. The molecule has 32 heavy (non-hydrogen) atoms. The Balaban J connectivity index is 1.42. The number of rotatable bonds is 8. The van der Waals surface area contributed by atoms with Gasteiger partial charge in [0.1, 0.15) is 5.75 Å². The van der Waals surface area contributed by atoms with Crippen molar-refractivity contribution in [1.82, 2.24) is 9.55 Å². The van der Waals surface area contributed by atoms with Crippen molar-refractivity contribution in [3.63, 3.8) is 0 Å². The number of hydrogen-bond donors (Lipinski definition) is 1. The highest BCUT2D eigenvalue weighted by molar-refractivity contribution is 7.99. The van der Waals surface area contributed by atoms with Gasteiger partial charge in [-0.05, 0) is 48.5 Å². The number of anilines is 1. The first-order valence-corrected chi connectivity index (χ1v) is 11.1. The lowest BCUT2D eigenvalue weighted by Crippen LogP contribution is -2.33. The van der Waals surface area contributed by atoms with E-state index in [1.54, 1.807) is 31.4 Å². The number of nitrogens with zero attached hydrogens (tertiary/aromatic N) is 2. The molecule has 0 spiro atoms. The molecule has 1 fully saturated rings. The van der Waals surface area contributed by atoms with Gasteiger partial charge < -0.3 is 23.5 Å².